The third kappa shape index (κ3) is 7.98. The molecule has 33 heavy (non-hydrogen) atoms. The molecule has 0 spiro atoms. The van der Waals surface area contributed by atoms with E-state index >= 15 is 0 Å². The number of allylic oxidation sites excluding steroid dienone is 3. The molecule has 4 N–H and O–H groups in total. The number of aromatic hydroxyl groups is 2. The van der Waals surface area contributed by atoms with Crippen molar-refractivity contribution < 1.29 is 29.4 Å². The first kappa shape index (κ1) is 24.4. The highest BCUT2D eigenvalue weighted by molar-refractivity contribution is 5.97. The fourth-order valence-electron chi connectivity index (χ4n) is 3.88. The molecule has 0 saturated heterocycles. The number of nitrogens with one attached hydrogen (secondary N) is 2. The first-order chi connectivity index (χ1) is 16.0. The fraction of sp³-hybridized carbons (Fsp3) is 0.440. The van der Waals surface area contributed by atoms with Crippen LogP contribution in [0.15, 0.2) is 42.1 Å². The molecule has 0 radical (unpaired) electrons. The van der Waals surface area contributed by atoms with Crippen LogP contribution in [-0.4, -0.2) is 41.3 Å². The molecule has 0 unspecified atom stereocenters. The molecule has 178 valence electrons. The summed E-state index contributed by atoms with van der Waals surface area (Å²) in [5, 5.41) is 23.2. The number of phenols is 2. The van der Waals surface area contributed by atoms with Crippen LogP contribution in [0.2, 0.25) is 0 Å². The van der Waals surface area contributed by atoms with Crippen LogP contribution < -0.4 is 10.8 Å². The summed E-state index contributed by atoms with van der Waals surface area (Å²) in [6, 6.07) is 2.64. The van der Waals surface area contributed by atoms with E-state index < -0.39 is 5.97 Å². The van der Waals surface area contributed by atoms with Gasteiger partial charge in [0.1, 0.15) is 17.1 Å². The molecule has 1 aromatic rings. The molecular weight excluding hydrogens is 424 g/mol. The summed E-state index contributed by atoms with van der Waals surface area (Å²) in [6.07, 6.45) is 16.8. The van der Waals surface area contributed by atoms with Crippen molar-refractivity contribution in [1.82, 2.24) is 10.8 Å². The van der Waals surface area contributed by atoms with E-state index in [0.717, 1.165) is 44.6 Å². The number of fused-ring (bicyclic) bond motifs is 1. The lowest BCUT2D eigenvalue weighted by Gasteiger charge is -2.22. The predicted molar refractivity (Wildman–Crippen MR) is 124 cm³/mol. The Hall–Kier alpha value is -3.26. The third-order valence-electron chi connectivity index (χ3n) is 5.49. The Morgan fingerprint density at radius 1 is 1.06 bits per heavy atom. The van der Waals surface area contributed by atoms with Gasteiger partial charge in [-0.15, -0.1) is 0 Å². The van der Waals surface area contributed by atoms with Crippen molar-refractivity contribution in [3.63, 3.8) is 0 Å². The molecular formula is C25H32N2O6. The number of amides is 1. The Morgan fingerprint density at radius 3 is 2.64 bits per heavy atom. The number of hydrogen-bond donors (Lipinski definition) is 4. The minimum Gasteiger partial charge on any atom is -0.508 e. The number of carbonyl (C=O) groups is 2. The van der Waals surface area contributed by atoms with Crippen molar-refractivity contribution in [1.29, 1.82) is 0 Å². The topological polar surface area (TPSA) is 117 Å². The summed E-state index contributed by atoms with van der Waals surface area (Å²) in [6.45, 7) is 0.00355. The molecule has 2 aliphatic rings. The molecule has 0 aromatic heterocycles. The SMILES string of the molecule is O=C(CONC1=C\c2cc(O)cc(O)c2C(=O)OCCC=CCC\C=C\1)NC1CCCCC1. The van der Waals surface area contributed by atoms with Crippen molar-refractivity contribution >= 4 is 18.0 Å². The molecule has 1 amide bonds. The number of hydroxylamine groups is 1. The maximum Gasteiger partial charge on any atom is 0.342 e. The first-order valence-corrected chi connectivity index (χ1v) is 11.5. The minimum absolute atomic E-state index is 0.0587. The van der Waals surface area contributed by atoms with Crippen LogP contribution >= 0.6 is 0 Å². The van der Waals surface area contributed by atoms with Crippen LogP contribution in [0, 0.1) is 0 Å². The second-order valence-electron chi connectivity index (χ2n) is 8.20. The maximum absolute atomic E-state index is 12.6. The predicted octanol–water partition coefficient (Wildman–Crippen LogP) is 3.86. The highest BCUT2D eigenvalue weighted by atomic mass is 16.6. The van der Waals surface area contributed by atoms with E-state index in [9.17, 15) is 19.8 Å². The molecule has 1 aliphatic heterocycles. The van der Waals surface area contributed by atoms with E-state index in [4.69, 9.17) is 9.57 Å². The zero-order chi connectivity index (χ0) is 23.5. The number of rotatable bonds is 5. The smallest absolute Gasteiger partial charge is 0.342 e. The second kappa shape index (κ2) is 12.7. The van der Waals surface area contributed by atoms with E-state index in [-0.39, 0.29) is 47.8 Å². The largest absolute Gasteiger partial charge is 0.508 e. The number of carbonyl (C=O) groups excluding carboxylic acids is 2. The first-order valence-electron chi connectivity index (χ1n) is 11.5. The van der Waals surface area contributed by atoms with Gasteiger partial charge in [-0.05, 0) is 55.9 Å². The van der Waals surface area contributed by atoms with Gasteiger partial charge >= 0.3 is 5.97 Å². The molecule has 0 atom stereocenters. The highest BCUT2D eigenvalue weighted by Crippen LogP contribution is 2.29. The van der Waals surface area contributed by atoms with Gasteiger partial charge in [0.15, 0.2) is 6.61 Å². The molecule has 1 saturated carbocycles. The zero-order valence-corrected chi connectivity index (χ0v) is 18.7. The summed E-state index contributed by atoms with van der Waals surface area (Å²) in [7, 11) is 0. The highest BCUT2D eigenvalue weighted by Gasteiger charge is 2.19. The number of hydrogen-bond acceptors (Lipinski definition) is 7. The van der Waals surface area contributed by atoms with Crippen molar-refractivity contribution in [2.75, 3.05) is 13.2 Å². The average Bonchev–Trinajstić information content (AvgIpc) is 2.77. The van der Waals surface area contributed by atoms with Crippen molar-refractivity contribution in [3.05, 3.63) is 53.3 Å². The van der Waals surface area contributed by atoms with Gasteiger partial charge in [-0.2, -0.15) is 0 Å². The summed E-state index contributed by atoms with van der Waals surface area (Å²) in [5.74, 6) is -1.48. The standard InChI is InChI=1S/C25H32N2O6/c28-21-15-18-14-20(27-33-17-23(30)26-19-10-7-5-8-11-19)12-6-3-1-2-4-9-13-32-25(31)24(18)22(29)16-21/h2,4,6,12,14-16,19,27-29H,1,3,5,7-11,13,17H2,(H,26,30)/b4-2?,12-6+,20-14-. The van der Waals surface area contributed by atoms with E-state index in [2.05, 4.69) is 10.8 Å². The van der Waals surface area contributed by atoms with E-state index in [0.29, 0.717) is 12.1 Å². The van der Waals surface area contributed by atoms with Gasteiger partial charge in [0, 0.05) is 12.1 Å². The van der Waals surface area contributed by atoms with Gasteiger partial charge in [0.2, 0.25) is 5.91 Å². The van der Waals surface area contributed by atoms with Gasteiger partial charge in [0.05, 0.1) is 12.3 Å². The molecule has 1 heterocycles. The molecule has 8 nitrogen and oxygen atoms in total. The lowest BCUT2D eigenvalue weighted by molar-refractivity contribution is -0.128. The van der Waals surface area contributed by atoms with Crippen LogP contribution in [0.25, 0.3) is 6.08 Å². The van der Waals surface area contributed by atoms with Crippen LogP contribution in [0.1, 0.15) is 67.3 Å². The summed E-state index contributed by atoms with van der Waals surface area (Å²) >= 11 is 0. The van der Waals surface area contributed by atoms with Gasteiger partial charge in [-0.25, -0.2) is 4.79 Å². The van der Waals surface area contributed by atoms with Crippen LogP contribution in [-0.2, 0) is 14.4 Å². The summed E-state index contributed by atoms with van der Waals surface area (Å²) < 4.78 is 5.27. The summed E-state index contributed by atoms with van der Waals surface area (Å²) in [5.41, 5.74) is 3.39. The van der Waals surface area contributed by atoms with Crippen molar-refractivity contribution in [2.45, 2.75) is 57.4 Å². The summed E-state index contributed by atoms with van der Waals surface area (Å²) in [4.78, 5) is 30.2. The van der Waals surface area contributed by atoms with E-state index in [1.807, 2.05) is 18.2 Å². The Balaban J connectivity index is 1.74. The lowest BCUT2D eigenvalue weighted by atomic mass is 9.95. The van der Waals surface area contributed by atoms with Crippen molar-refractivity contribution in [3.8, 4) is 11.5 Å². The average molecular weight is 457 g/mol. The van der Waals surface area contributed by atoms with Gasteiger partial charge in [-0.1, -0.05) is 37.5 Å². The van der Waals surface area contributed by atoms with Gasteiger partial charge in [-0.3, -0.25) is 15.1 Å². The lowest BCUT2D eigenvalue weighted by Crippen LogP contribution is -2.39. The Kier molecular flexibility index (Phi) is 9.38. The Bertz CT molecular complexity index is 916. The number of phenolic OH excluding ortho intramolecular Hbond substituents is 2. The van der Waals surface area contributed by atoms with Gasteiger partial charge in [0.25, 0.3) is 0 Å². The third-order valence-corrected chi connectivity index (χ3v) is 5.49. The van der Waals surface area contributed by atoms with E-state index in [1.54, 1.807) is 12.2 Å². The maximum atomic E-state index is 12.6. The minimum atomic E-state index is -0.694. The van der Waals surface area contributed by atoms with Crippen LogP contribution in [0.4, 0.5) is 0 Å². The zero-order valence-electron chi connectivity index (χ0n) is 18.7. The molecule has 8 heteroatoms. The molecule has 1 aromatic carbocycles. The Morgan fingerprint density at radius 2 is 1.82 bits per heavy atom. The second-order valence-corrected chi connectivity index (χ2v) is 8.20. The molecule has 1 fully saturated rings. The number of cyclic esters (lactones) is 1. The number of benzene rings is 1. The van der Waals surface area contributed by atoms with E-state index in [1.165, 1.54) is 12.5 Å². The monoisotopic (exact) mass is 456 g/mol. The van der Waals surface area contributed by atoms with Crippen LogP contribution in [0.5, 0.6) is 11.5 Å². The fourth-order valence-corrected chi connectivity index (χ4v) is 3.88. The van der Waals surface area contributed by atoms with Crippen LogP contribution in [0.3, 0.4) is 0 Å². The number of esters is 1. The van der Waals surface area contributed by atoms with Gasteiger partial charge < -0.3 is 20.3 Å². The quantitative estimate of drug-likeness (QED) is 0.302. The normalized spacial score (nSPS) is 20.5. The number of ether oxygens (including phenoxy) is 1. The molecule has 0 bridgehead atoms. The molecule has 3 rings (SSSR count). The molecule has 1 aliphatic carbocycles. The Labute approximate surface area is 193 Å². The van der Waals surface area contributed by atoms with Crippen molar-refractivity contribution in [2.24, 2.45) is 0 Å².